The minimum absolute atomic E-state index is 0.0271. The van der Waals surface area contributed by atoms with Crippen molar-refractivity contribution in [2.45, 2.75) is 12.6 Å². The highest BCUT2D eigenvalue weighted by Gasteiger charge is 2.25. The molecule has 5 heteroatoms. The quantitative estimate of drug-likeness (QED) is 0.871. The Morgan fingerprint density at radius 3 is 2.95 bits per heavy atom. The first-order valence-corrected chi connectivity index (χ1v) is 6.78. The van der Waals surface area contributed by atoms with Crippen LogP contribution in [0.3, 0.4) is 0 Å². The molecule has 0 spiro atoms. The number of morpholine rings is 1. The molecule has 0 aliphatic carbocycles. The van der Waals surface area contributed by atoms with Crippen molar-refractivity contribution in [1.82, 2.24) is 4.98 Å². The number of pyridine rings is 1. The summed E-state index contributed by atoms with van der Waals surface area (Å²) in [5.74, 6) is 0.814. The summed E-state index contributed by atoms with van der Waals surface area (Å²) in [7, 11) is 0. The molecule has 1 saturated heterocycles. The smallest absolute Gasteiger partial charge is 0.137 e. The summed E-state index contributed by atoms with van der Waals surface area (Å²) >= 11 is 0. The Balaban J connectivity index is 2.13. The Morgan fingerprint density at radius 2 is 2.15 bits per heavy atom. The Morgan fingerprint density at radius 1 is 1.30 bits per heavy atom. The van der Waals surface area contributed by atoms with Crippen LogP contribution in [0, 0.1) is 0 Å². The zero-order valence-corrected chi connectivity index (χ0v) is 11.2. The van der Waals surface area contributed by atoms with Gasteiger partial charge in [0.25, 0.3) is 0 Å². The predicted octanol–water partition coefficient (Wildman–Crippen LogP) is 0.925. The van der Waals surface area contributed by atoms with Crippen LogP contribution in [0.15, 0.2) is 30.3 Å². The standard InChI is InChI=1S/C15H18N2O3/c18-8-12-7-11-3-1-2-4-14(11)15(16-12)17-5-6-20-10-13(17)9-19/h1-4,7,13,18-19H,5-6,8-10H2. The number of fused-ring (bicyclic) bond motifs is 1. The van der Waals surface area contributed by atoms with Crippen LogP contribution in [0.5, 0.6) is 0 Å². The average Bonchev–Trinajstić information content (AvgIpc) is 2.53. The summed E-state index contributed by atoms with van der Waals surface area (Å²) in [6.45, 7) is 1.74. The van der Waals surface area contributed by atoms with Gasteiger partial charge in [0.2, 0.25) is 0 Å². The van der Waals surface area contributed by atoms with Crippen LogP contribution < -0.4 is 4.90 Å². The van der Waals surface area contributed by atoms with Crippen LogP contribution in [0.2, 0.25) is 0 Å². The van der Waals surface area contributed by atoms with Crippen molar-refractivity contribution >= 4 is 16.6 Å². The van der Waals surface area contributed by atoms with Crippen LogP contribution in [0.25, 0.3) is 10.8 Å². The van der Waals surface area contributed by atoms with Crippen molar-refractivity contribution in [1.29, 1.82) is 0 Å². The topological polar surface area (TPSA) is 65.8 Å². The normalized spacial score (nSPS) is 19.5. The third-order valence-electron chi connectivity index (χ3n) is 3.65. The zero-order valence-electron chi connectivity index (χ0n) is 11.2. The molecule has 0 amide bonds. The van der Waals surface area contributed by atoms with Gasteiger partial charge in [-0.15, -0.1) is 0 Å². The summed E-state index contributed by atoms with van der Waals surface area (Å²) in [6.07, 6.45) is 0. The van der Waals surface area contributed by atoms with Crippen LogP contribution in [-0.2, 0) is 11.3 Å². The fourth-order valence-electron chi connectivity index (χ4n) is 2.62. The number of aromatic nitrogens is 1. The number of hydrogen-bond acceptors (Lipinski definition) is 5. The number of benzene rings is 1. The van der Waals surface area contributed by atoms with Crippen molar-refractivity contribution in [2.24, 2.45) is 0 Å². The van der Waals surface area contributed by atoms with Gasteiger partial charge in [0.1, 0.15) is 5.82 Å². The second-order valence-electron chi connectivity index (χ2n) is 4.92. The van der Waals surface area contributed by atoms with E-state index in [0.717, 1.165) is 16.6 Å². The van der Waals surface area contributed by atoms with Crippen LogP contribution >= 0.6 is 0 Å². The summed E-state index contributed by atoms with van der Waals surface area (Å²) in [5.41, 5.74) is 0.641. The van der Waals surface area contributed by atoms with E-state index < -0.39 is 0 Å². The molecule has 5 nitrogen and oxygen atoms in total. The highest BCUT2D eigenvalue weighted by Crippen LogP contribution is 2.28. The van der Waals surface area contributed by atoms with E-state index in [1.807, 2.05) is 30.3 Å². The fraction of sp³-hybridized carbons (Fsp3) is 0.400. The van der Waals surface area contributed by atoms with E-state index in [1.54, 1.807) is 0 Å². The molecule has 106 valence electrons. The number of hydrogen-bond donors (Lipinski definition) is 2. The fourth-order valence-corrected chi connectivity index (χ4v) is 2.62. The lowest BCUT2D eigenvalue weighted by Crippen LogP contribution is -2.48. The third kappa shape index (κ3) is 2.35. The van der Waals surface area contributed by atoms with E-state index in [0.29, 0.717) is 25.5 Å². The number of aliphatic hydroxyl groups is 2. The van der Waals surface area contributed by atoms with Crippen molar-refractivity contribution in [3.63, 3.8) is 0 Å². The molecule has 0 saturated carbocycles. The molecule has 0 radical (unpaired) electrons. The number of ether oxygens (including phenoxy) is 1. The third-order valence-corrected chi connectivity index (χ3v) is 3.65. The number of nitrogens with zero attached hydrogens (tertiary/aromatic N) is 2. The van der Waals surface area contributed by atoms with Gasteiger partial charge in [-0.05, 0) is 11.5 Å². The Kier molecular flexibility index (Phi) is 3.82. The lowest BCUT2D eigenvalue weighted by molar-refractivity contribution is 0.0724. The van der Waals surface area contributed by atoms with Gasteiger partial charge >= 0.3 is 0 Å². The first kappa shape index (κ1) is 13.3. The Bertz CT molecular complexity index is 603. The second kappa shape index (κ2) is 5.75. The molecule has 0 bridgehead atoms. The summed E-state index contributed by atoms with van der Waals surface area (Å²) in [4.78, 5) is 6.62. The van der Waals surface area contributed by atoms with Gasteiger partial charge in [0, 0.05) is 11.9 Å². The maximum Gasteiger partial charge on any atom is 0.137 e. The second-order valence-corrected chi connectivity index (χ2v) is 4.92. The lowest BCUT2D eigenvalue weighted by atomic mass is 10.1. The molecular formula is C15H18N2O3. The Hall–Kier alpha value is -1.69. The van der Waals surface area contributed by atoms with E-state index in [9.17, 15) is 10.2 Å². The van der Waals surface area contributed by atoms with Gasteiger partial charge in [-0.3, -0.25) is 0 Å². The molecular weight excluding hydrogens is 256 g/mol. The molecule has 1 atom stereocenters. The average molecular weight is 274 g/mol. The monoisotopic (exact) mass is 274 g/mol. The highest BCUT2D eigenvalue weighted by atomic mass is 16.5. The minimum atomic E-state index is -0.0913. The van der Waals surface area contributed by atoms with Gasteiger partial charge in [0.15, 0.2) is 0 Å². The molecule has 20 heavy (non-hydrogen) atoms. The van der Waals surface area contributed by atoms with Crippen molar-refractivity contribution < 1.29 is 14.9 Å². The van der Waals surface area contributed by atoms with Gasteiger partial charge < -0.3 is 19.8 Å². The zero-order chi connectivity index (χ0) is 13.9. The van der Waals surface area contributed by atoms with Gasteiger partial charge in [-0.25, -0.2) is 4.98 Å². The molecule has 2 aromatic rings. The first-order chi connectivity index (χ1) is 9.83. The molecule has 1 aliphatic rings. The molecule has 2 N–H and O–H groups in total. The highest BCUT2D eigenvalue weighted by molar-refractivity contribution is 5.92. The predicted molar refractivity (Wildman–Crippen MR) is 76.7 cm³/mol. The van der Waals surface area contributed by atoms with Crippen molar-refractivity contribution in [3.8, 4) is 0 Å². The van der Waals surface area contributed by atoms with Crippen LogP contribution in [0.4, 0.5) is 5.82 Å². The molecule has 3 rings (SSSR count). The number of anilines is 1. The largest absolute Gasteiger partial charge is 0.394 e. The van der Waals surface area contributed by atoms with Crippen LogP contribution in [-0.4, -0.2) is 47.6 Å². The van der Waals surface area contributed by atoms with Gasteiger partial charge in [0.05, 0.1) is 38.2 Å². The van der Waals surface area contributed by atoms with E-state index in [4.69, 9.17) is 4.74 Å². The molecule has 2 heterocycles. The summed E-state index contributed by atoms with van der Waals surface area (Å²) in [6, 6.07) is 9.77. The van der Waals surface area contributed by atoms with Gasteiger partial charge in [-0.1, -0.05) is 24.3 Å². The molecule has 1 unspecified atom stereocenters. The van der Waals surface area contributed by atoms with Crippen LogP contribution in [0.1, 0.15) is 5.69 Å². The SMILES string of the molecule is OCc1cc2ccccc2c(N2CCOCC2CO)n1. The van der Waals surface area contributed by atoms with Crippen molar-refractivity contribution in [3.05, 3.63) is 36.0 Å². The van der Waals surface area contributed by atoms with Crippen molar-refractivity contribution in [2.75, 3.05) is 31.3 Å². The Labute approximate surface area is 117 Å². The molecule has 1 aromatic carbocycles. The van der Waals surface area contributed by atoms with E-state index in [2.05, 4.69) is 9.88 Å². The maximum absolute atomic E-state index is 9.52. The first-order valence-electron chi connectivity index (χ1n) is 6.78. The summed E-state index contributed by atoms with van der Waals surface area (Å²) in [5, 5.41) is 21.0. The number of aliphatic hydroxyl groups excluding tert-OH is 2. The molecule has 1 aromatic heterocycles. The van der Waals surface area contributed by atoms with Gasteiger partial charge in [-0.2, -0.15) is 0 Å². The number of rotatable bonds is 3. The minimum Gasteiger partial charge on any atom is -0.394 e. The lowest BCUT2D eigenvalue weighted by Gasteiger charge is -2.36. The van der Waals surface area contributed by atoms with E-state index in [-0.39, 0.29) is 19.3 Å². The van der Waals surface area contributed by atoms with E-state index >= 15 is 0 Å². The summed E-state index contributed by atoms with van der Waals surface area (Å²) < 4.78 is 5.41. The molecule has 1 aliphatic heterocycles. The molecule has 1 fully saturated rings. The van der Waals surface area contributed by atoms with E-state index in [1.165, 1.54) is 0 Å². The maximum atomic E-state index is 9.52.